The first kappa shape index (κ1) is 16.5. The first-order valence-electron chi connectivity index (χ1n) is 5.84. The second kappa shape index (κ2) is 5.73. The third kappa shape index (κ3) is 3.00. The summed E-state index contributed by atoms with van der Waals surface area (Å²) in [4.78, 5) is 7.47. The lowest BCUT2D eigenvalue weighted by Gasteiger charge is -2.06. The standard InChI is InChI=1S/C12H10ClF3N4OS/c1-19-8(10(21)20(2)11(19)22)5-18-9-7(13)3-6(4-17-9)12(14,15)16/h3-5,21H,1-2H3. The van der Waals surface area contributed by atoms with Crippen LogP contribution in [0.1, 0.15) is 11.3 Å². The van der Waals surface area contributed by atoms with Gasteiger partial charge < -0.3 is 9.67 Å². The summed E-state index contributed by atoms with van der Waals surface area (Å²) in [5.41, 5.74) is -0.678. The van der Waals surface area contributed by atoms with Crippen molar-refractivity contribution in [2.24, 2.45) is 19.1 Å². The molecule has 0 atom stereocenters. The van der Waals surface area contributed by atoms with Crippen molar-refractivity contribution in [3.63, 3.8) is 0 Å². The number of alkyl halides is 3. The highest BCUT2D eigenvalue weighted by Crippen LogP contribution is 2.33. The van der Waals surface area contributed by atoms with Crippen molar-refractivity contribution in [2.75, 3.05) is 0 Å². The molecule has 0 aliphatic carbocycles. The number of aromatic nitrogens is 3. The van der Waals surface area contributed by atoms with Gasteiger partial charge in [-0.05, 0) is 18.3 Å². The predicted molar refractivity (Wildman–Crippen MR) is 78.4 cm³/mol. The van der Waals surface area contributed by atoms with Crippen LogP contribution in [-0.2, 0) is 20.3 Å². The van der Waals surface area contributed by atoms with Crippen LogP contribution in [0.5, 0.6) is 5.88 Å². The number of imidazole rings is 1. The quantitative estimate of drug-likeness (QED) is 0.665. The molecule has 2 aromatic heterocycles. The first-order chi connectivity index (χ1) is 10.1. The molecule has 0 radical (unpaired) electrons. The molecule has 0 saturated carbocycles. The van der Waals surface area contributed by atoms with E-state index in [0.29, 0.717) is 11.0 Å². The van der Waals surface area contributed by atoms with Crippen LogP contribution in [0.2, 0.25) is 5.02 Å². The SMILES string of the molecule is Cn1c(O)c(C=Nc2ncc(C(F)(F)F)cc2Cl)n(C)c1=S. The topological polar surface area (TPSA) is 55.3 Å². The van der Waals surface area contributed by atoms with Gasteiger partial charge >= 0.3 is 6.18 Å². The molecule has 22 heavy (non-hydrogen) atoms. The Labute approximate surface area is 133 Å². The summed E-state index contributed by atoms with van der Waals surface area (Å²) >= 11 is 10.8. The van der Waals surface area contributed by atoms with E-state index in [1.54, 1.807) is 14.1 Å². The number of halogens is 4. The van der Waals surface area contributed by atoms with Gasteiger partial charge in [0.25, 0.3) is 0 Å². The van der Waals surface area contributed by atoms with Crippen molar-refractivity contribution < 1.29 is 18.3 Å². The Morgan fingerprint density at radius 3 is 2.45 bits per heavy atom. The van der Waals surface area contributed by atoms with E-state index in [1.165, 1.54) is 15.3 Å². The molecule has 0 spiro atoms. The molecule has 0 aliphatic heterocycles. The van der Waals surface area contributed by atoms with Crippen LogP contribution in [0.3, 0.4) is 0 Å². The molecule has 0 fully saturated rings. The molecular weight excluding hydrogens is 341 g/mol. The molecule has 1 N–H and O–H groups in total. The molecule has 0 amide bonds. The van der Waals surface area contributed by atoms with E-state index in [2.05, 4.69) is 9.98 Å². The maximum Gasteiger partial charge on any atom is 0.417 e. The summed E-state index contributed by atoms with van der Waals surface area (Å²) in [6, 6.07) is 0.741. The van der Waals surface area contributed by atoms with Crippen LogP contribution in [0.25, 0.3) is 0 Å². The van der Waals surface area contributed by atoms with E-state index in [0.717, 1.165) is 6.07 Å². The number of aliphatic imine (C=N–C) groups is 1. The van der Waals surface area contributed by atoms with Gasteiger partial charge in [-0.3, -0.25) is 4.57 Å². The van der Waals surface area contributed by atoms with Crippen LogP contribution in [0.15, 0.2) is 17.3 Å². The van der Waals surface area contributed by atoms with E-state index in [9.17, 15) is 18.3 Å². The minimum Gasteiger partial charge on any atom is -0.493 e. The molecule has 2 rings (SSSR count). The Balaban J connectivity index is 2.40. The van der Waals surface area contributed by atoms with Crippen LogP contribution in [-0.4, -0.2) is 25.4 Å². The Hall–Kier alpha value is -1.87. The molecular formula is C12H10ClF3N4OS. The van der Waals surface area contributed by atoms with Crippen LogP contribution >= 0.6 is 23.8 Å². The van der Waals surface area contributed by atoms with E-state index in [-0.39, 0.29) is 22.4 Å². The molecule has 0 saturated heterocycles. The van der Waals surface area contributed by atoms with Gasteiger partial charge in [-0.2, -0.15) is 13.2 Å². The second-order valence-electron chi connectivity index (χ2n) is 4.39. The van der Waals surface area contributed by atoms with Gasteiger partial charge in [-0.15, -0.1) is 0 Å². The molecule has 2 heterocycles. The third-order valence-electron chi connectivity index (χ3n) is 2.94. The van der Waals surface area contributed by atoms with Crippen molar-refractivity contribution in [2.45, 2.75) is 6.18 Å². The lowest BCUT2D eigenvalue weighted by atomic mass is 10.3. The van der Waals surface area contributed by atoms with Crippen molar-refractivity contribution in [1.29, 1.82) is 0 Å². The zero-order valence-electron chi connectivity index (χ0n) is 11.4. The molecule has 0 unspecified atom stereocenters. The fourth-order valence-corrected chi connectivity index (χ4v) is 2.09. The molecule has 0 aromatic carbocycles. The third-order valence-corrected chi connectivity index (χ3v) is 3.77. The highest BCUT2D eigenvalue weighted by atomic mass is 35.5. The maximum absolute atomic E-state index is 12.5. The monoisotopic (exact) mass is 350 g/mol. The fourth-order valence-electron chi connectivity index (χ4n) is 1.69. The highest BCUT2D eigenvalue weighted by Gasteiger charge is 2.31. The molecule has 0 bridgehead atoms. The van der Waals surface area contributed by atoms with E-state index in [1.807, 2.05) is 0 Å². The number of rotatable bonds is 2. The second-order valence-corrected chi connectivity index (χ2v) is 5.17. The van der Waals surface area contributed by atoms with Crippen LogP contribution < -0.4 is 0 Å². The number of aromatic hydroxyl groups is 1. The lowest BCUT2D eigenvalue weighted by molar-refractivity contribution is -0.137. The minimum absolute atomic E-state index is 0.0937. The number of hydrogen-bond donors (Lipinski definition) is 1. The molecule has 5 nitrogen and oxygen atoms in total. The van der Waals surface area contributed by atoms with Crippen LogP contribution in [0, 0.1) is 4.77 Å². The lowest BCUT2D eigenvalue weighted by Crippen LogP contribution is -2.05. The Morgan fingerprint density at radius 1 is 1.36 bits per heavy atom. The molecule has 118 valence electrons. The van der Waals surface area contributed by atoms with Crippen molar-refractivity contribution >= 4 is 35.9 Å². The summed E-state index contributed by atoms with van der Waals surface area (Å²) < 4.78 is 40.8. The van der Waals surface area contributed by atoms with Crippen molar-refractivity contribution in [3.05, 3.63) is 33.3 Å². The number of hydrogen-bond acceptors (Lipinski definition) is 4. The average molecular weight is 351 g/mol. The Bertz CT molecular complexity index is 810. The van der Waals surface area contributed by atoms with Gasteiger partial charge in [0.1, 0.15) is 5.69 Å². The summed E-state index contributed by atoms with van der Waals surface area (Å²) in [5.74, 6) is -0.219. The smallest absolute Gasteiger partial charge is 0.417 e. The first-order valence-corrected chi connectivity index (χ1v) is 6.63. The minimum atomic E-state index is -4.53. The number of pyridine rings is 1. The average Bonchev–Trinajstić information content (AvgIpc) is 2.61. The Kier molecular flexibility index (Phi) is 4.30. The van der Waals surface area contributed by atoms with E-state index < -0.39 is 11.7 Å². The molecule has 0 aliphatic rings. The summed E-state index contributed by atoms with van der Waals surface area (Å²) in [5, 5.41) is 9.63. The summed E-state index contributed by atoms with van der Waals surface area (Å²) in [6.45, 7) is 0. The van der Waals surface area contributed by atoms with Crippen LogP contribution in [0.4, 0.5) is 19.0 Å². The fraction of sp³-hybridized carbons (Fsp3) is 0.250. The summed E-state index contributed by atoms with van der Waals surface area (Å²) in [7, 11) is 3.18. The van der Waals surface area contributed by atoms with E-state index in [4.69, 9.17) is 23.8 Å². The zero-order chi connectivity index (χ0) is 16.7. The van der Waals surface area contributed by atoms with Gasteiger partial charge in [-0.1, -0.05) is 11.6 Å². The van der Waals surface area contributed by atoms with Gasteiger partial charge in [0, 0.05) is 20.3 Å². The molecule has 10 heteroatoms. The maximum atomic E-state index is 12.5. The predicted octanol–water partition coefficient (Wildman–Crippen LogP) is 3.62. The van der Waals surface area contributed by atoms with Gasteiger partial charge in [0.05, 0.1) is 16.8 Å². The largest absolute Gasteiger partial charge is 0.493 e. The molecule has 2 aromatic rings. The van der Waals surface area contributed by atoms with Gasteiger partial charge in [-0.25, -0.2) is 9.98 Å². The van der Waals surface area contributed by atoms with E-state index >= 15 is 0 Å². The summed E-state index contributed by atoms with van der Waals surface area (Å²) in [6.07, 6.45) is -2.66. The van der Waals surface area contributed by atoms with Crippen molar-refractivity contribution in [1.82, 2.24) is 14.1 Å². The Morgan fingerprint density at radius 2 is 2.00 bits per heavy atom. The van der Waals surface area contributed by atoms with Crippen molar-refractivity contribution in [3.8, 4) is 5.88 Å². The number of nitrogens with zero attached hydrogens (tertiary/aromatic N) is 4. The normalized spacial score (nSPS) is 12.3. The van der Waals surface area contributed by atoms with Gasteiger partial charge in [0.15, 0.2) is 10.6 Å². The highest BCUT2D eigenvalue weighted by molar-refractivity contribution is 7.71. The zero-order valence-corrected chi connectivity index (χ0v) is 13.0. The van der Waals surface area contributed by atoms with Gasteiger partial charge in [0.2, 0.25) is 5.88 Å².